The molecular weight excluding hydrogens is 238 g/mol. The van der Waals surface area contributed by atoms with Crippen molar-refractivity contribution in [1.82, 2.24) is 5.32 Å². The predicted molar refractivity (Wildman–Crippen MR) is 76.8 cm³/mol. The summed E-state index contributed by atoms with van der Waals surface area (Å²) in [5.41, 5.74) is 0.732. The summed E-state index contributed by atoms with van der Waals surface area (Å²) in [6.07, 6.45) is 6.42. The summed E-state index contributed by atoms with van der Waals surface area (Å²) in [5.74, 6) is 0.929. The Morgan fingerprint density at radius 1 is 1.26 bits per heavy atom. The molecular formula is C16H23NO2. The molecule has 0 atom stereocenters. The van der Waals surface area contributed by atoms with Crippen LogP contribution in [0.4, 0.5) is 0 Å². The van der Waals surface area contributed by atoms with Gasteiger partial charge in [-0.2, -0.15) is 0 Å². The molecule has 1 aliphatic rings. The SMILES string of the molecule is CC(=O)c1ccc(OCCCNC2CCCC2)cc1. The van der Waals surface area contributed by atoms with Gasteiger partial charge in [-0.25, -0.2) is 0 Å². The number of hydrogen-bond donors (Lipinski definition) is 1. The molecule has 1 fully saturated rings. The van der Waals surface area contributed by atoms with E-state index in [4.69, 9.17) is 4.74 Å². The maximum atomic E-state index is 11.1. The monoisotopic (exact) mass is 261 g/mol. The first-order chi connectivity index (χ1) is 9.25. The van der Waals surface area contributed by atoms with Gasteiger partial charge in [-0.3, -0.25) is 4.79 Å². The second-order valence-corrected chi connectivity index (χ2v) is 5.22. The number of ketones is 1. The smallest absolute Gasteiger partial charge is 0.159 e. The molecule has 0 unspecified atom stereocenters. The van der Waals surface area contributed by atoms with Gasteiger partial charge < -0.3 is 10.1 Å². The molecule has 0 heterocycles. The van der Waals surface area contributed by atoms with Crippen LogP contribution in [0.1, 0.15) is 49.4 Å². The fraction of sp³-hybridized carbons (Fsp3) is 0.562. The first kappa shape index (κ1) is 14.1. The lowest BCUT2D eigenvalue weighted by Crippen LogP contribution is -2.27. The lowest BCUT2D eigenvalue weighted by atomic mass is 10.1. The summed E-state index contributed by atoms with van der Waals surface area (Å²) >= 11 is 0. The topological polar surface area (TPSA) is 38.3 Å². The molecule has 0 aliphatic heterocycles. The fourth-order valence-electron chi connectivity index (χ4n) is 2.48. The van der Waals surface area contributed by atoms with Gasteiger partial charge in [-0.1, -0.05) is 12.8 Å². The number of carbonyl (C=O) groups excluding carboxylic acids is 1. The fourth-order valence-corrected chi connectivity index (χ4v) is 2.48. The Labute approximate surface area is 115 Å². The molecule has 3 nitrogen and oxygen atoms in total. The van der Waals surface area contributed by atoms with Crippen molar-refractivity contribution < 1.29 is 9.53 Å². The van der Waals surface area contributed by atoms with E-state index < -0.39 is 0 Å². The van der Waals surface area contributed by atoms with Crippen molar-refractivity contribution in [2.24, 2.45) is 0 Å². The number of ether oxygens (including phenoxy) is 1. The van der Waals surface area contributed by atoms with Gasteiger partial charge in [0.1, 0.15) is 5.75 Å². The molecule has 0 radical (unpaired) electrons. The van der Waals surface area contributed by atoms with E-state index in [0.717, 1.165) is 36.9 Å². The highest BCUT2D eigenvalue weighted by Crippen LogP contribution is 2.17. The number of hydrogen-bond acceptors (Lipinski definition) is 3. The summed E-state index contributed by atoms with van der Waals surface area (Å²) in [6.45, 7) is 3.32. The molecule has 3 heteroatoms. The second-order valence-electron chi connectivity index (χ2n) is 5.22. The lowest BCUT2D eigenvalue weighted by Gasteiger charge is -2.12. The molecule has 0 amide bonds. The highest BCUT2D eigenvalue weighted by molar-refractivity contribution is 5.94. The van der Waals surface area contributed by atoms with Gasteiger partial charge in [0, 0.05) is 11.6 Å². The normalized spacial score (nSPS) is 15.6. The van der Waals surface area contributed by atoms with E-state index in [0.29, 0.717) is 0 Å². The zero-order valence-electron chi connectivity index (χ0n) is 11.7. The van der Waals surface area contributed by atoms with Crippen molar-refractivity contribution in [3.8, 4) is 5.75 Å². The van der Waals surface area contributed by atoms with Crippen LogP contribution in [-0.2, 0) is 0 Å². The molecule has 2 rings (SSSR count). The first-order valence-corrected chi connectivity index (χ1v) is 7.23. The largest absolute Gasteiger partial charge is 0.494 e. The Morgan fingerprint density at radius 3 is 2.58 bits per heavy atom. The van der Waals surface area contributed by atoms with Gasteiger partial charge in [-0.05, 0) is 57.0 Å². The molecule has 19 heavy (non-hydrogen) atoms. The standard InChI is InChI=1S/C16H23NO2/c1-13(18)14-7-9-16(10-8-14)19-12-4-11-17-15-5-2-3-6-15/h7-10,15,17H,2-6,11-12H2,1H3. The van der Waals surface area contributed by atoms with E-state index in [-0.39, 0.29) is 5.78 Å². The average molecular weight is 261 g/mol. The van der Waals surface area contributed by atoms with E-state index in [1.54, 1.807) is 6.92 Å². The Hall–Kier alpha value is -1.35. The highest BCUT2D eigenvalue weighted by atomic mass is 16.5. The minimum Gasteiger partial charge on any atom is -0.494 e. The zero-order chi connectivity index (χ0) is 13.5. The number of benzene rings is 1. The van der Waals surface area contributed by atoms with Crippen molar-refractivity contribution in [3.05, 3.63) is 29.8 Å². The van der Waals surface area contributed by atoms with Crippen LogP contribution in [-0.4, -0.2) is 25.0 Å². The minimum absolute atomic E-state index is 0.0901. The Balaban J connectivity index is 1.61. The van der Waals surface area contributed by atoms with E-state index in [9.17, 15) is 4.79 Å². The zero-order valence-corrected chi connectivity index (χ0v) is 11.7. The van der Waals surface area contributed by atoms with Gasteiger partial charge in [-0.15, -0.1) is 0 Å². The van der Waals surface area contributed by atoms with E-state index in [2.05, 4.69) is 5.32 Å². The maximum absolute atomic E-state index is 11.1. The molecule has 0 spiro atoms. The molecule has 1 saturated carbocycles. The van der Waals surface area contributed by atoms with Crippen molar-refractivity contribution in [2.75, 3.05) is 13.2 Å². The summed E-state index contributed by atoms with van der Waals surface area (Å²) in [4.78, 5) is 11.1. The third-order valence-electron chi connectivity index (χ3n) is 3.64. The maximum Gasteiger partial charge on any atom is 0.159 e. The van der Waals surface area contributed by atoms with Gasteiger partial charge in [0.15, 0.2) is 5.78 Å². The van der Waals surface area contributed by atoms with Gasteiger partial charge >= 0.3 is 0 Å². The number of rotatable bonds is 7. The van der Waals surface area contributed by atoms with E-state index >= 15 is 0 Å². The van der Waals surface area contributed by atoms with Crippen LogP contribution >= 0.6 is 0 Å². The molecule has 0 bridgehead atoms. The molecule has 0 saturated heterocycles. The van der Waals surface area contributed by atoms with E-state index in [1.165, 1.54) is 25.7 Å². The third-order valence-corrected chi connectivity index (χ3v) is 3.64. The molecule has 0 aromatic heterocycles. The predicted octanol–water partition coefficient (Wildman–Crippen LogP) is 3.19. The molecule has 1 aromatic carbocycles. The number of nitrogens with one attached hydrogen (secondary N) is 1. The van der Waals surface area contributed by atoms with Crippen LogP contribution in [0.5, 0.6) is 5.75 Å². The van der Waals surface area contributed by atoms with Crippen molar-refractivity contribution in [3.63, 3.8) is 0 Å². The van der Waals surface area contributed by atoms with Crippen LogP contribution < -0.4 is 10.1 Å². The summed E-state index contributed by atoms with van der Waals surface area (Å²) < 4.78 is 5.65. The van der Waals surface area contributed by atoms with Crippen LogP contribution in [0.2, 0.25) is 0 Å². The van der Waals surface area contributed by atoms with Gasteiger partial charge in [0.2, 0.25) is 0 Å². The van der Waals surface area contributed by atoms with Crippen molar-refractivity contribution in [2.45, 2.75) is 45.1 Å². The van der Waals surface area contributed by atoms with E-state index in [1.807, 2.05) is 24.3 Å². The van der Waals surface area contributed by atoms with Gasteiger partial charge in [0.25, 0.3) is 0 Å². The van der Waals surface area contributed by atoms with Crippen molar-refractivity contribution in [1.29, 1.82) is 0 Å². The molecule has 104 valence electrons. The quantitative estimate of drug-likeness (QED) is 0.605. The molecule has 1 aromatic rings. The molecule has 1 N–H and O–H groups in total. The van der Waals surface area contributed by atoms with Crippen molar-refractivity contribution >= 4 is 5.78 Å². The summed E-state index contributed by atoms with van der Waals surface area (Å²) in [5, 5.41) is 3.57. The Morgan fingerprint density at radius 2 is 1.95 bits per heavy atom. The number of Topliss-reactive ketones (excluding diaryl/α,β-unsaturated/α-hetero) is 1. The highest BCUT2D eigenvalue weighted by Gasteiger charge is 2.13. The summed E-state index contributed by atoms with van der Waals surface area (Å²) in [7, 11) is 0. The summed E-state index contributed by atoms with van der Waals surface area (Å²) in [6, 6.07) is 8.08. The number of carbonyl (C=O) groups is 1. The minimum atomic E-state index is 0.0901. The van der Waals surface area contributed by atoms with Crippen LogP contribution in [0.25, 0.3) is 0 Å². The lowest BCUT2D eigenvalue weighted by molar-refractivity contribution is 0.101. The Bertz CT molecular complexity index is 394. The van der Waals surface area contributed by atoms with Gasteiger partial charge in [0.05, 0.1) is 6.61 Å². The second kappa shape index (κ2) is 7.29. The molecule has 1 aliphatic carbocycles. The van der Waals surface area contributed by atoms with Crippen LogP contribution in [0.15, 0.2) is 24.3 Å². The van der Waals surface area contributed by atoms with Crippen LogP contribution in [0, 0.1) is 0 Å². The Kier molecular flexibility index (Phi) is 5.40. The van der Waals surface area contributed by atoms with Crippen LogP contribution in [0.3, 0.4) is 0 Å². The third kappa shape index (κ3) is 4.67. The average Bonchev–Trinajstić information content (AvgIpc) is 2.92. The first-order valence-electron chi connectivity index (χ1n) is 7.23.